The Morgan fingerprint density at radius 3 is 2.03 bits per heavy atom. The minimum atomic E-state index is 0.0928. The van der Waals surface area contributed by atoms with E-state index in [1.165, 1.54) is 21.6 Å². The van der Waals surface area contributed by atoms with Gasteiger partial charge in [0.2, 0.25) is 0 Å². The molecule has 0 bridgehead atoms. The van der Waals surface area contributed by atoms with E-state index in [0.717, 1.165) is 35.7 Å². The van der Waals surface area contributed by atoms with Crippen molar-refractivity contribution < 1.29 is 9.53 Å². The number of hydrogen-bond donors (Lipinski definition) is 0. The molecule has 1 heterocycles. The minimum absolute atomic E-state index is 0.0928. The van der Waals surface area contributed by atoms with Crippen LogP contribution in [-0.2, 0) is 5.75 Å². The molecule has 1 saturated heterocycles. The van der Waals surface area contributed by atoms with Gasteiger partial charge in [0.05, 0.1) is 12.6 Å². The molecule has 5 heteroatoms. The molecular weight excluding hydrogens is 500 g/mol. The molecule has 0 N–H and O–H groups in total. The lowest BCUT2D eigenvalue weighted by molar-refractivity contribution is 0.0597. The summed E-state index contributed by atoms with van der Waals surface area (Å²) in [5.74, 6) is 1.70. The number of nitrogens with zero attached hydrogens (tertiary/aromatic N) is 2. The topological polar surface area (TPSA) is 32.8 Å². The number of carbonyl (C=O) groups is 1. The van der Waals surface area contributed by atoms with Crippen LogP contribution in [-0.4, -0.2) is 48.5 Å². The highest BCUT2D eigenvalue weighted by Crippen LogP contribution is 2.31. The van der Waals surface area contributed by atoms with Crippen LogP contribution in [0, 0.1) is 6.92 Å². The summed E-state index contributed by atoms with van der Waals surface area (Å²) in [4.78, 5) is 19.3. The summed E-state index contributed by atoms with van der Waals surface area (Å²) >= 11 is 1.77. The van der Waals surface area contributed by atoms with Crippen LogP contribution < -0.4 is 4.74 Å². The molecule has 1 fully saturated rings. The summed E-state index contributed by atoms with van der Waals surface area (Å²) in [5.41, 5.74) is 5.60. The zero-order chi connectivity index (χ0) is 27.0. The molecule has 0 aliphatic carbocycles. The second kappa shape index (κ2) is 13.0. The smallest absolute Gasteiger partial charge is 0.253 e. The van der Waals surface area contributed by atoms with Gasteiger partial charge in [-0.15, -0.1) is 11.8 Å². The fraction of sp³-hybridized carbons (Fsp3) is 0.265. The van der Waals surface area contributed by atoms with E-state index in [2.05, 4.69) is 96.8 Å². The van der Waals surface area contributed by atoms with Crippen LogP contribution in [0.5, 0.6) is 5.75 Å². The van der Waals surface area contributed by atoms with E-state index in [-0.39, 0.29) is 11.9 Å². The fourth-order valence-corrected chi connectivity index (χ4v) is 6.04. The van der Waals surface area contributed by atoms with Crippen molar-refractivity contribution in [2.24, 2.45) is 0 Å². The number of ether oxygens (including phenoxy) is 1. The van der Waals surface area contributed by atoms with Crippen LogP contribution in [0.3, 0.4) is 0 Å². The molecule has 4 nitrogen and oxygen atoms in total. The van der Waals surface area contributed by atoms with Crippen molar-refractivity contribution in [2.75, 3.05) is 32.8 Å². The zero-order valence-electron chi connectivity index (χ0n) is 22.8. The number of carbonyl (C=O) groups excluding carboxylic acids is 1. The molecule has 0 spiro atoms. The van der Waals surface area contributed by atoms with Crippen LogP contribution >= 0.6 is 11.8 Å². The molecule has 1 aliphatic rings. The number of benzene rings is 4. The maximum Gasteiger partial charge on any atom is 0.253 e. The van der Waals surface area contributed by atoms with Crippen molar-refractivity contribution >= 4 is 17.7 Å². The lowest BCUT2D eigenvalue weighted by Crippen LogP contribution is -2.49. The van der Waals surface area contributed by atoms with Crippen molar-refractivity contribution in [3.8, 4) is 5.75 Å². The molecule has 0 unspecified atom stereocenters. The maximum atomic E-state index is 13.6. The molecule has 39 heavy (non-hydrogen) atoms. The number of piperazine rings is 1. The number of hydrogen-bond acceptors (Lipinski definition) is 4. The summed E-state index contributed by atoms with van der Waals surface area (Å²) in [6.45, 7) is 7.75. The van der Waals surface area contributed by atoms with Gasteiger partial charge in [-0.2, -0.15) is 0 Å². The third-order valence-corrected chi connectivity index (χ3v) is 8.28. The minimum Gasteiger partial charge on any atom is -0.494 e. The molecule has 4 aromatic rings. The third-order valence-electron chi connectivity index (χ3n) is 7.22. The third kappa shape index (κ3) is 6.73. The Morgan fingerprint density at radius 2 is 1.44 bits per heavy atom. The number of thioether (sulfide) groups is 1. The van der Waals surface area contributed by atoms with Crippen LogP contribution in [0.2, 0.25) is 0 Å². The summed E-state index contributed by atoms with van der Waals surface area (Å²) < 4.78 is 5.90. The van der Waals surface area contributed by atoms with Crippen molar-refractivity contribution in [3.05, 3.63) is 131 Å². The summed E-state index contributed by atoms with van der Waals surface area (Å²) in [6.07, 6.45) is 0. The van der Waals surface area contributed by atoms with Crippen LogP contribution in [0.1, 0.15) is 45.6 Å². The van der Waals surface area contributed by atoms with E-state index in [1.807, 2.05) is 30.0 Å². The average molecular weight is 537 g/mol. The van der Waals surface area contributed by atoms with Gasteiger partial charge >= 0.3 is 0 Å². The lowest BCUT2D eigenvalue weighted by Gasteiger charge is -2.40. The summed E-state index contributed by atoms with van der Waals surface area (Å²) in [7, 11) is 0. The Balaban J connectivity index is 1.28. The Morgan fingerprint density at radius 1 is 0.821 bits per heavy atom. The lowest BCUT2D eigenvalue weighted by atomic mass is 9.96. The van der Waals surface area contributed by atoms with Crippen LogP contribution in [0.4, 0.5) is 0 Å². The van der Waals surface area contributed by atoms with Gasteiger partial charge in [-0.1, -0.05) is 78.4 Å². The maximum absolute atomic E-state index is 13.6. The van der Waals surface area contributed by atoms with Crippen molar-refractivity contribution in [3.63, 3.8) is 0 Å². The van der Waals surface area contributed by atoms with Gasteiger partial charge in [0.15, 0.2) is 0 Å². The van der Waals surface area contributed by atoms with Crippen LogP contribution in [0.25, 0.3) is 0 Å². The second-order valence-corrected chi connectivity index (χ2v) is 11.0. The molecule has 4 aromatic carbocycles. The van der Waals surface area contributed by atoms with E-state index in [4.69, 9.17) is 4.74 Å². The first-order chi connectivity index (χ1) is 19.1. The standard InChI is InChI=1S/C34H36N2O2S/c1-3-38-32-19-16-29(24-30(32)25-39-31-17-14-26(2)15-18-31)34(37)36-22-20-35(21-23-36)33(27-10-6-4-7-11-27)28-12-8-5-9-13-28/h4-19,24,33H,3,20-23,25H2,1-2H3. The predicted octanol–water partition coefficient (Wildman–Crippen LogP) is 7.23. The van der Waals surface area contributed by atoms with Gasteiger partial charge in [-0.25, -0.2) is 0 Å². The molecule has 0 aromatic heterocycles. The normalized spacial score (nSPS) is 14.0. The monoisotopic (exact) mass is 536 g/mol. The molecular formula is C34H36N2O2S. The van der Waals surface area contributed by atoms with Gasteiger partial charge in [0.1, 0.15) is 5.75 Å². The van der Waals surface area contributed by atoms with Gasteiger partial charge < -0.3 is 9.64 Å². The highest BCUT2D eigenvalue weighted by atomic mass is 32.2. The molecule has 0 radical (unpaired) electrons. The first-order valence-electron chi connectivity index (χ1n) is 13.7. The SMILES string of the molecule is CCOc1ccc(C(=O)N2CCN(C(c3ccccc3)c3ccccc3)CC2)cc1CSc1ccc(C)cc1. The summed E-state index contributed by atoms with van der Waals surface area (Å²) in [6, 6.07) is 36.0. The Hall–Kier alpha value is -3.54. The quantitative estimate of drug-likeness (QED) is 0.211. The largest absolute Gasteiger partial charge is 0.494 e. The molecule has 5 rings (SSSR count). The number of amides is 1. The van der Waals surface area contributed by atoms with Gasteiger partial charge in [0.25, 0.3) is 5.91 Å². The molecule has 1 aliphatic heterocycles. The van der Waals surface area contributed by atoms with Gasteiger partial charge in [-0.3, -0.25) is 9.69 Å². The zero-order valence-corrected chi connectivity index (χ0v) is 23.6. The Labute approximate surface area is 236 Å². The second-order valence-electron chi connectivity index (χ2n) is 9.91. The number of rotatable bonds is 9. The van der Waals surface area contributed by atoms with E-state index in [9.17, 15) is 4.79 Å². The highest BCUT2D eigenvalue weighted by molar-refractivity contribution is 7.98. The first-order valence-corrected chi connectivity index (χ1v) is 14.7. The predicted molar refractivity (Wildman–Crippen MR) is 161 cm³/mol. The van der Waals surface area contributed by atoms with Crippen LogP contribution in [0.15, 0.2) is 108 Å². The Kier molecular flexibility index (Phi) is 9.02. The van der Waals surface area contributed by atoms with Crippen molar-refractivity contribution in [1.82, 2.24) is 9.80 Å². The molecule has 200 valence electrons. The Bertz CT molecular complexity index is 1310. The van der Waals surface area contributed by atoms with Gasteiger partial charge in [0, 0.05) is 48.0 Å². The fourth-order valence-electron chi connectivity index (χ4n) is 5.17. The highest BCUT2D eigenvalue weighted by Gasteiger charge is 2.28. The van der Waals surface area contributed by atoms with Gasteiger partial charge in [-0.05, 0) is 55.3 Å². The van der Waals surface area contributed by atoms with E-state index < -0.39 is 0 Å². The van der Waals surface area contributed by atoms with E-state index >= 15 is 0 Å². The molecule has 1 amide bonds. The van der Waals surface area contributed by atoms with Crippen molar-refractivity contribution in [2.45, 2.75) is 30.5 Å². The average Bonchev–Trinajstić information content (AvgIpc) is 2.99. The van der Waals surface area contributed by atoms with E-state index in [1.54, 1.807) is 11.8 Å². The van der Waals surface area contributed by atoms with E-state index in [0.29, 0.717) is 19.7 Å². The first kappa shape index (κ1) is 27.0. The molecule has 0 atom stereocenters. The molecule has 0 saturated carbocycles. The number of aryl methyl sites for hydroxylation is 1. The summed E-state index contributed by atoms with van der Waals surface area (Å²) in [5, 5.41) is 0. The van der Waals surface area contributed by atoms with Crippen molar-refractivity contribution in [1.29, 1.82) is 0 Å².